The normalized spacial score (nSPS) is 21.9. The number of halogens is 5. The van der Waals surface area contributed by atoms with Crippen molar-refractivity contribution in [2.75, 3.05) is 13.1 Å². The molecular formula is C15H15F5N2O3. The average Bonchev–Trinajstić information content (AvgIpc) is 2.95. The van der Waals surface area contributed by atoms with Gasteiger partial charge in [-0.1, -0.05) is 12.1 Å². The maximum absolute atomic E-state index is 13.7. The number of amides is 2. The highest BCUT2D eigenvalue weighted by molar-refractivity contribution is 5.78. The largest absolute Gasteiger partial charge is 0.481 e. The smallest absolute Gasteiger partial charge is 0.394 e. The fraction of sp³-hybridized carbons (Fsp3) is 0.467. The Balaban J connectivity index is 2.11. The van der Waals surface area contributed by atoms with Gasteiger partial charge < -0.3 is 15.3 Å². The van der Waals surface area contributed by atoms with E-state index in [1.165, 1.54) is 19.1 Å². The Labute approximate surface area is 139 Å². The molecule has 0 aliphatic carbocycles. The van der Waals surface area contributed by atoms with E-state index in [2.05, 4.69) is 5.32 Å². The van der Waals surface area contributed by atoms with Gasteiger partial charge in [-0.2, -0.15) is 13.2 Å². The van der Waals surface area contributed by atoms with Crippen LogP contribution in [0.5, 0.6) is 0 Å². The number of carboxylic acid groups (broad SMARTS) is 1. The summed E-state index contributed by atoms with van der Waals surface area (Å²) in [6.07, 6.45) is -4.77. The van der Waals surface area contributed by atoms with E-state index in [0.717, 1.165) is 6.07 Å². The van der Waals surface area contributed by atoms with Gasteiger partial charge in [0.1, 0.15) is 0 Å². The maximum Gasteiger partial charge on any atom is 0.394 e. The Morgan fingerprint density at radius 1 is 1.28 bits per heavy atom. The van der Waals surface area contributed by atoms with Crippen LogP contribution >= 0.6 is 0 Å². The van der Waals surface area contributed by atoms with Crippen LogP contribution in [0.1, 0.15) is 18.5 Å². The van der Waals surface area contributed by atoms with Crippen molar-refractivity contribution < 1.29 is 36.6 Å². The van der Waals surface area contributed by atoms with Crippen LogP contribution < -0.4 is 5.32 Å². The number of aliphatic carboxylic acids is 1. The van der Waals surface area contributed by atoms with E-state index >= 15 is 0 Å². The minimum absolute atomic E-state index is 0.172. The fourth-order valence-electron chi connectivity index (χ4n) is 2.76. The minimum atomic E-state index is -4.77. The molecule has 1 aromatic rings. The number of hydrogen-bond donors (Lipinski definition) is 2. The van der Waals surface area contributed by atoms with Crippen LogP contribution in [-0.4, -0.2) is 41.3 Å². The van der Waals surface area contributed by atoms with Crippen molar-refractivity contribution in [2.24, 2.45) is 11.8 Å². The molecular weight excluding hydrogens is 351 g/mol. The molecule has 2 amide bonds. The Kier molecular flexibility index (Phi) is 5.19. The summed E-state index contributed by atoms with van der Waals surface area (Å²) in [6, 6.07) is 1.35. The Morgan fingerprint density at radius 2 is 1.92 bits per heavy atom. The molecule has 0 bridgehead atoms. The monoisotopic (exact) mass is 366 g/mol. The molecule has 1 aliphatic rings. The molecule has 3 atom stereocenters. The SMILES string of the molecule is CC(NC(=O)N1C[C@@H](C(F)(F)F)[C@H](C(=O)O)C1)c1cccc(F)c1F. The number of carboxylic acids is 1. The van der Waals surface area contributed by atoms with E-state index in [4.69, 9.17) is 5.11 Å². The average molecular weight is 366 g/mol. The molecule has 1 aromatic carbocycles. The van der Waals surface area contributed by atoms with Crippen molar-refractivity contribution in [1.29, 1.82) is 0 Å². The molecule has 5 nitrogen and oxygen atoms in total. The number of likely N-dealkylation sites (tertiary alicyclic amines) is 1. The topological polar surface area (TPSA) is 69.6 Å². The van der Waals surface area contributed by atoms with Gasteiger partial charge in [-0.25, -0.2) is 13.6 Å². The summed E-state index contributed by atoms with van der Waals surface area (Å²) in [5.41, 5.74) is -0.172. The third-order valence-electron chi connectivity index (χ3n) is 4.13. The number of alkyl halides is 3. The van der Waals surface area contributed by atoms with E-state index in [-0.39, 0.29) is 5.56 Å². The molecule has 1 saturated heterocycles. The molecule has 2 N–H and O–H groups in total. The van der Waals surface area contributed by atoms with Gasteiger partial charge in [-0.15, -0.1) is 0 Å². The van der Waals surface area contributed by atoms with Crippen LogP contribution in [0, 0.1) is 23.5 Å². The number of carbonyl (C=O) groups is 2. The number of urea groups is 1. The lowest BCUT2D eigenvalue weighted by molar-refractivity contribution is -0.187. The number of nitrogens with one attached hydrogen (secondary N) is 1. The quantitative estimate of drug-likeness (QED) is 0.809. The van der Waals surface area contributed by atoms with Gasteiger partial charge in [0.2, 0.25) is 0 Å². The highest BCUT2D eigenvalue weighted by atomic mass is 19.4. The van der Waals surface area contributed by atoms with Gasteiger partial charge in [0.25, 0.3) is 0 Å². The van der Waals surface area contributed by atoms with Crippen LogP contribution in [-0.2, 0) is 4.79 Å². The Bertz CT molecular complexity index is 680. The van der Waals surface area contributed by atoms with Gasteiger partial charge in [-0.05, 0) is 13.0 Å². The molecule has 1 aliphatic heterocycles. The first kappa shape index (κ1) is 18.9. The van der Waals surface area contributed by atoms with Crippen molar-refractivity contribution in [1.82, 2.24) is 10.2 Å². The molecule has 0 aromatic heterocycles. The lowest BCUT2D eigenvalue weighted by atomic mass is 9.96. The number of rotatable bonds is 3. The highest BCUT2D eigenvalue weighted by Crippen LogP contribution is 2.37. The van der Waals surface area contributed by atoms with Gasteiger partial charge in [0, 0.05) is 18.7 Å². The third kappa shape index (κ3) is 3.99. The maximum atomic E-state index is 13.7. The van der Waals surface area contributed by atoms with Crippen LogP contribution in [0.4, 0.5) is 26.7 Å². The lowest BCUT2D eigenvalue weighted by Crippen LogP contribution is -2.40. The summed E-state index contributed by atoms with van der Waals surface area (Å²) in [7, 11) is 0. The molecule has 0 saturated carbocycles. The first-order chi connectivity index (χ1) is 11.5. The summed E-state index contributed by atoms with van der Waals surface area (Å²) in [6.45, 7) is -0.101. The minimum Gasteiger partial charge on any atom is -0.481 e. The second kappa shape index (κ2) is 6.85. The fourth-order valence-corrected chi connectivity index (χ4v) is 2.76. The summed E-state index contributed by atoms with van der Waals surface area (Å²) in [5, 5.41) is 11.2. The number of nitrogens with zero attached hydrogens (tertiary/aromatic N) is 1. The zero-order valence-corrected chi connectivity index (χ0v) is 13.0. The number of benzene rings is 1. The van der Waals surface area contributed by atoms with Gasteiger partial charge in [0.15, 0.2) is 11.6 Å². The third-order valence-corrected chi connectivity index (χ3v) is 4.13. The highest BCUT2D eigenvalue weighted by Gasteiger charge is 2.53. The predicted octanol–water partition coefficient (Wildman–Crippen LogP) is 2.93. The lowest BCUT2D eigenvalue weighted by Gasteiger charge is -2.22. The zero-order valence-electron chi connectivity index (χ0n) is 13.0. The van der Waals surface area contributed by atoms with E-state index in [1.807, 2.05) is 0 Å². The Morgan fingerprint density at radius 3 is 2.44 bits per heavy atom. The summed E-state index contributed by atoms with van der Waals surface area (Å²) in [4.78, 5) is 23.8. The molecule has 138 valence electrons. The van der Waals surface area contributed by atoms with Crippen LogP contribution in [0.25, 0.3) is 0 Å². The van der Waals surface area contributed by atoms with E-state index < -0.39 is 60.8 Å². The van der Waals surface area contributed by atoms with Crippen LogP contribution in [0.2, 0.25) is 0 Å². The van der Waals surface area contributed by atoms with E-state index in [0.29, 0.717) is 4.90 Å². The number of hydrogen-bond acceptors (Lipinski definition) is 2. The molecule has 10 heteroatoms. The second-order valence-electron chi connectivity index (χ2n) is 5.81. The van der Waals surface area contributed by atoms with Crippen molar-refractivity contribution in [3.63, 3.8) is 0 Å². The molecule has 1 fully saturated rings. The molecule has 1 unspecified atom stereocenters. The van der Waals surface area contributed by atoms with Crippen molar-refractivity contribution in [2.45, 2.75) is 19.1 Å². The van der Waals surface area contributed by atoms with Gasteiger partial charge >= 0.3 is 18.2 Å². The second-order valence-corrected chi connectivity index (χ2v) is 5.81. The molecule has 1 heterocycles. The first-order valence-electron chi connectivity index (χ1n) is 7.31. The Hall–Kier alpha value is -2.39. The molecule has 2 rings (SSSR count). The van der Waals surface area contributed by atoms with Gasteiger partial charge in [-0.3, -0.25) is 4.79 Å². The molecule has 25 heavy (non-hydrogen) atoms. The summed E-state index contributed by atoms with van der Waals surface area (Å²) in [5.74, 6) is -7.90. The summed E-state index contributed by atoms with van der Waals surface area (Å²) < 4.78 is 65.7. The van der Waals surface area contributed by atoms with Crippen molar-refractivity contribution in [3.8, 4) is 0 Å². The van der Waals surface area contributed by atoms with E-state index in [1.54, 1.807) is 0 Å². The predicted molar refractivity (Wildman–Crippen MR) is 75.5 cm³/mol. The van der Waals surface area contributed by atoms with Crippen molar-refractivity contribution in [3.05, 3.63) is 35.4 Å². The summed E-state index contributed by atoms with van der Waals surface area (Å²) >= 11 is 0. The first-order valence-corrected chi connectivity index (χ1v) is 7.31. The van der Waals surface area contributed by atoms with E-state index in [9.17, 15) is 31.5 Å². The van der Waals surface area contributed by atoms with Crippen LogP contribution in [0.15, 0.2) is 18.2 Å². The standard InChI is InChI=1S/C15H15F5N2O3/c1-7(8-3-2-4-11(16)12(8)17)21-14(25)22-5-9(13(23)24)10(6-22)15(18,19)20/h2-4,7,9-10H,5-6H2,1H3,(H,21,25)(H,23,24)/t7?,9-,10-/m1/s1. The number of carbonyl (C=O) groups excluding carboxylic acids is 1. The van der Waals surface area contributed by atoms with Gasteiger partial charge in [0.05, 0.1) is 17.9 Å². The zero-order chi connectivity index (χ0) is 18.9. The van der Waals surface area contributed by atoms with Crippen LogP contribution in [0.3, 0.4) is 0 Å². The molecule has 0 radical (unpaired) electrons. The molecule has 0 spiro atoms. The van der Waals surface area contributed by atoms with Crippen molar-refractivity contribution >= 4 is 12.0 Å².